The van der Waals surface area contributed by atoms with E-state index in [0.29, 0.717) is 12.3 Å². The Morgan fingerprint density at radius 1 is 1.50 bits per heavy atom. The van der Waals surface area contributed by atoms with E-state index >= 15 is 0 Å². The van der Waals surface area contributed by atoms with Crippen molar-refractivity contribution in [1.82, 2.24) is 15.2 Å². The summed E-state index contributed by atoms with van der Waals surface area (Å²) in [5, 5.41) is 3.33. The molecule has 0 bridgehead atoms. The van der Waals surface area contributed by atoms with E-state index < -0.39 is 0 Å². The monoisotopic (exact) mass is 271 g/mol. The zero-order valence-corrected chi connectivity index (χ0v) is 11.4. The van der Waals surface area contributed by atoms with Crippen molar-refractivity contribution in [3.63, 3.8) is 0 Å². The number of hydrogen-bond donors (Lipinski definition) is 1. The smallest absolute Gasteiger partial charge is 0.290 e. The highest BCUT2D eigenvalue weighted by Crippen LogP contribution is 2.24. The third kappa shape index (κ3) is 2.32. The van der Waals surface area contributed by atoms with Gasteiger partial charge in [0.15, 0.2) is 5.76 Å². The van der Waals surface area contributed by atoms with E-state index in [9.17, 15) is 4.79 Å². The first-order valence-corrected chi connectivity index (χ1v) is 6.73. The number of piperazine rings is 1. The third-order valence-corrected chi connectivity index (χ3v) is 3.63. The molecule has 1 unspecified atom stereocenters. The van der Waals surface area contributed by atoms with Gasteiger partial charge in [0.1, 0.15) is 0 Å². The summed E-state index contributed by atoms with van der Waals surface area (Å²) in [6.07, 6.45) is 5.11. The molecule has 5 nitrogen and oxygen atoms in total. The number of pyridine rings is 1. The van der Waals surface area contributed by atoms with Crippen LogP contribution in [-0.4, -0.2) is 35.4 Å². The molecule has 3 heterocycles. The number of hydrogen-bond acceptors (Lipinski definition) is 4. The number of carbonyl (C=O) groups excluding carboxylic acids is 1. The highest BCUT2D eigenvalue weighted by Gasteiger charge is 2.30. The summed E-state index contributed by atoms with van der Waals surface area (Å²) in [5.41, 5.74) is 1.91. The van der Waals surface area contributed by atoms with Crippen LogP contribution in [-0.2, 0) is 0 Å². The summed E-state index contributed by atoms with van der Waals surface area (Å²) in [7, 11) is 0. The molecule has 1 amide bonds. The van der Waals surface area contributed by atoms with Crippen LogP contribution < -0.4 is 5.32 Å². The van der Waals surface area contributed by atoms with Gasteiger partial charge in [0, 0.05) is 37.6 Å². The molecule has 0 radical (unpaired) electrons. The van der Waals surface area contributed by atoms with Crippen molar-refractivity contribution >= 4 is 5.91 Å². The second-order valence-corrected chi connectivity index (χ2v) is 4.94. The third-order valence-electron chi connectivity index (χ3n) is 3.63. The minimum atomic E-state index is -0.0529. The van der Waals surface area contributed by atoms with Gasteiger partial charge in [-0.2, -0.15) is 0 Å². The SMILES string of the molecule is Cc1ccoc1C(=O)N1CCNCC1c1cccnc1. The maximum atomic E-state index is 12.6. The average molecular weight is 271 g/mol. The molecule has 0 spiro atoms. The number of amides is 1. The molecule has 1 aliphatic heterocycles. The fourth-order valence-corrected chi connectivity index (χ4v) is 2.54. The first-order chi connectivity index (χ1) is 9.77. The van der Waals surface area contributed by atoms with Gasteiger partial charge in [0.2, 0.25) is 0 Å². The maximum Gasteiger partial charge on any atom is 0.290 e. The van der Waals surface area contributed by atoms with Gasteiger partial charge in [0.05, 0.1) is 12.3 Å². The number of carbonyl (C=O) groups is 1. The number of aryl methyl sites for hydroxylation is 1. The molecule has 5 heteroatoms. The number of aromatic nitrogens is 1. The van der Waals surface area contributed by atoms with Gasteiger partial charge in [-0.05, 0) is 24.6 Å². The van der Waals surface area contributed by atoms with Gasteiger partial charge in [-0.3, -0.25) is 9.78 Å². The molecule has 1 atom stereocenters. The van der Waals surface area contributed by atoms with E-state index in [1.54, 1.807) is 12.5 Å². The topological polar surface area (TPSA) is 58.4 Å². The summed E-state index contributed by atoms with van der Waals surface area (Å²) < 4.78 is 5.34. The molecule has 0 saturated carbocycles. The van der Waals surface area contributed by atoms with Crippen LogP contribution in [0.4, 0.5) is 0 Å². The maximum absolute atomic E-state index is 12.6. The number of furan rings is 1. The Labute approximate surface area is 117 Å². The van der Waals surface area contributed by atoms with Gasteiger partial charge in [-0.1, -0.05) is 6.07 Å². The molecule has 104 valence electrons. The van der Waals surface area contributed by atoms with Crippen LogP contribution in [0.3, 0.4) is 0 Å². The highest BCUT2D eigenvalue weighted by molar-refractivity contribution is 5.93. The van der Waals surface area contributed by atoms with Crippen LogP contribution >= 0.6 is 0 Å². The van der Waals surface area contributed by atoms with Crippen LogP contribution in [0.15, 0.2) is 41.3 Å². The van der Waals surface area contributed by atoms with E-state index in [2.05, 4.69) is 10.3 Å². The Hall–Kier alpha value is -2.14. The molecule has 0 aromatic carbocycles. The average Bonchev–Trinajstić information content (AvgIpc) is 2.93. The van der Waals surface area contributed by atoms with E-state index in [0.717, 1.165) is 24.2 Å². The van der Waals surface area contributed by atoms with Gasteiger partial charge in [-0.25, -0.2) is 0 Å². The van der Waals surface area contributed by atoms with Crippen molar-refractivity contribution in [2.24, 2.45) is 0 Å². The Morgan fingerprint density at radius 2 is 2.40 bits per heavy atom. The second kappa shape index (κ2) is 5.46. The molecular formula is C15H17N3O2. The van der Waals surface area contributed by atoms with Crippen molar-refractivity contribution in [3.8, 4) is 0 Å². The van der Waals surface area contributed by atoms with Gasteiger partial charge >= 0.3 is 0 Å². The normalized spacial score (nSPS) is 19.1. The molecule has 1 fully saturated rings. The first kappa shape index (κ1) is 12.9. The lowest BCUT2D eigenvalue weighted by molar-refractivity contribution is 0.0600. The number of nitrogens with zero attached hydrogens (tertiary/aromatic N) is 2. The van der Waals surface area contributed by atoms with Crippen LogP contribution in [0.1, 0.15) is 27.7 Å². The fourth-order valence-electron chi connectivity index (χ4n) is 2.54. The predicted molar refractivity (Wildman–Crippen MR) is 74.3 cm³/mol. The molecule has 1 saturated heterocycles. The van der Waals surface area contributed by atoms with Crippen molar-refractivity contribution in [2.75, 3.05) is 19.6 Å². The predicted octanol–water partition coefficient (Wildman–Crippen LogP) is 1.77. The fraction of sp³-hybridized carbons (Fsp3) is 0.333. The Balaban J connectivity index is 1.90. The van der Waals surface area contributed by atoms with Gasteiger partial charge in [0.25, 0.3) is 5.91 Å². The van der Waals surface area contributed by atoms with Crippen molar-refractivity contribution in [3.05, 3.63) is 53.7 Å². The van der Waals surface area contributed by atoms with Crippen molar-refractivity contribution in [1.29, 1.82) is 0 Å². The van der Waals surface area contributed by atoms with E-state index in [1.807, 2.05) is 36.2 Å². The molecular weight excluding hydrogens is 254 g/mol. The van der Waals surface area contributed by atoms with E-state index in [4.69, 9.17) is 4.42 Å². The standard InChI is InChI=1S/C15H17N3O2/c1-11-4-8-20-14(11)15(19)18-7-6-17-10-13(18)12-3-2-5-16-9-12/h2-5,8-9,13,17H,6-7,10H2,1H3. The summed E-state index contributed by atoms with van der Waals surface area (Å²) in [4.78, 5) is 18.7. The van der Waals surface area contributed by atoms with E-state index in [-0.39, 0.29) is 11.9 Å². The van der Waals surface area contributed by atoms with Crippen molar-refractivity contribution < 1.29 is 9.21 Å². The van der Waals surface area contributed by atoms with Crippen LogP contribution in [0.25, 0.3) is 0 Å². The quantitative estimate of drug-likeness (QED) is 0.904. The molecule has 1 aliphatic rings. The second-order valence-electron chi connectivity index (χ2n) is 4.94. The lowest BCUT2D eigenvalue weighted by Gasteiger charge is -2.36. The Kier molecular flexibility index (Phi) is 3.52. The summed E-state index contributed by atoms with van der Waals surface area (Å²) in [6.45, 7) is 4.08. The molecule has 3 rings (SSSR count). The lowest BCUT2D eigenvalue weighted by atomic mass is 10.0. The van der Waals surface area contributed by atoms with Crippen molar-refractivity contribution in [2.45, 2.75) is 13.0 Å². The highest BCUT2D eigenvalue weighted by atomic mass is 16.3. The summed E-state index contributed by atoms with van der Waals surface area (Å²) in [6, 6.07) is 5.70. The molecule has 1 N–H and O–H groups in total. The molecule has 2 aromatic rings. The van der Waals surface area contributed by atoms with Crippen LogP contribution in [0.2, 0.25) is 0 Å². The number of rotatable bonds is 2. The lowest BCUT2D eigenvalue weighted by Crippen LogP contribution is -2.48. The Morgan fingerprint density at radius 3 is 3.10 bits per heavy atom. The number of nitrogens with one attached hydrogen (secondary N) is 1. The minimum absolute atomic E-state index is 0.00514. The summed E-state index contributed by atoms with van der Waals surface area (Å²) in [5.74, 6) is 0.378. The van der Waals surface area contributed by atoms with Crippen LogP contribution in [0, 0.1) is 6.92 Å². The molecule has 2 aromatic heterocycles. The first-order valence-electron chi connectivity index (χ1n) is 6.73. The van der Waals surface area contributed by atoms with Gasteiger partial charge in [-0.15, -0.1) is 0 Å². The van der Waals surface area contributed by atoms with Gasteiger partial charge < -0.3 is 14.6 Å². The van der Waals surface area contributed by atoms with Crippen LogP contribution in [0.5, 0.6) is 0 Å². The summed E-state index contributed by atoms with van der Waals surface area (Å²) >= 11 is 0. The Bertz CT molecular complexity index is 594. The van der Waals surface area contributed by atoms with E-state index in [1.165, 1.54) is 0 Å². The molecule has 0 aliphatic carbocycles. The largest absolute Gasteiger partial charge is 0.459 e. The molecule has 20 heavy (non-hydrogen) atoms. The minimum Gasteiger partial charge on any atom is -0.459 e. The zero-order valence-electron chi connectivity index (χ0n) is 11.4. The zero-order chi connectivity index (χ0) is 13.9.